The van der Waals surface area contributed by atoms with E-state index in [9.17, 15) is 14.4 Å². The van der Waals surface area contributed by atoms with Crippen LogP contribution in [0.3, 0.4) is 0 Å². The third-order valence-electron chi connectivity index (χ3n) is 5.62. The standard InChI is InChI=1S/C25H26N4O4S/c1-33-25(32)23-22(27-21(31)11-8-18-6-3-2-4-7-18)20-10-9-19(26-24(20)34-23)16-28-12-5-13-29(17-30)15-14-28/h2-4,6-11,17H,5,12-16H2,1H3,(H,27,31). The molecule has 0 aliphatic carbocycles. The predicted molar refractivity (Wildman–Crippen MR) is 133 cm³/mol. The number of aromatic nitrogens is 1. The van der Waals surface area contributed by atoms with Crippen molar-refractivity contribution in [3.05, 3.63) is 64.7 Å². The number of nitrogens with zero attached hydrogens (tertiary/aromatic N) is 3. The summed E-state index contributed by atoms with van der Waals surface area (Å²) in [5.74, 6) is -0.865. The van der Waals surface area contributed by atoms with E-state index in [-0.39, 0.29) is 5.91 Å². The summed E-state index contributed by atoms with van der Waals surface area (Å²) >= 11 is 1.20. The average Bonchev–Trinajstić information content (AvgIpc) is 3.05. The van der Waals surface area contributed by atoms with Gasteiger partial charge in [0.2, 0.25) is 12.3 Å². The van der Waals surface area contributed by atoms with E-state index in [0.717, 1.165) is 43.7 Å². The fraction of sp³-hybridized carbons (Fsp3) is 0.280. The van der Waals surface area contributed by atoms with Crippen LogP contribution in [0.5, 0.6) is 0 Å². The lowest BCUT2D eigenvalue weighted by atomic mass is 10.2. The van der Waals surface area contributed by atoms with Crippen LogP contribution in [0.2, 0.25) is 0 Å². The van der Waals surface area contributed by atoms with Crippen LogP contribution >= 0.6 is 11.3 Å². The van der Waals surface area contributed by atoms with Gasteiger partial charge in [0.05, 0.1) is 18.5 Å². The second-order valence-electron chi connectivity index (χ2n) is 7.96. The largest absolute Gasteiger partial charge is 0.465 e. The van der Waals surface area contributed by atoms with Crippen LogP contribution < -0.4 is 5.32 Å². The zero-order chi connectivity index (χ0) is 23.9. The van der Waals surface area contributed by atoms with Crippen molar-refractivity contribution in [1.82, 2.24) is 14.8 Å². The molecule has 0 atom stereocenters. The zero-order valence-corrected chi connectivity index (χ0v) is 19.7. The summed E-state index contributed by atoms with van der Waals surface area (Å²) in [4.78, 5) is 45.8. The number of carbonyl (C=O) groups excluding carboxylic acids is 3. The molecular weight excluding hydrogens is 452 g/mol. The van der Waals surface area contributed by atoms with Crippen LogP contribution in [0.1, 0.15) is 27.3 Å². The smallest absolute Gasteiger partial charge is 0.350 e. The van der Waals surface area contributed by atoms with Gasteiger partial charge in [-0.3, -0.25) is 14.5 Å². The predicted octanol–water partition coefficient (Wildman–Crippen LogP) is 3.40. The van der Waals surface area contributed by atoms with Gasteiger partial charge in [0.25, 0.3) is 0 Å². The summed E-state index contributed by atoms with van der Waals surface area (Å²) in [5, 5.41) is 3.53. The lowest BCUT2D eigenvalue weighted by Crippen LogP contribution is -2.29. The minimum absolute atomic E-state index is 0.306. The highest BCUT2D eigenvalue weighted by molar-refractivity contribution is 7.21. The van der Waals surface area contributed by atoms with Crippen molar-refractivity contribution in [2.45, 2.75) is 13.0 Å². The van der Waals surface area contributed by atoms with Crippen molar-refractivity contribution >= 4 is 51.6 Å². The molecular formula is C25H26N4O4S. The van der Waals surface area contributed by atoms with Crippen molar-refractivity contribution < 1.29 is 19.1 Å². The van der Waals surface area contributed by atoms with Crippen molar-refractivity contribution in [3.63, 3.8) is 0 Å². The summed E-state index contributed by atoms with van der Waals surface area (Å²) in [6.07, 6.45) is 4.96. The quantitative estimate of drug-likeness (QED) is 0.318. The van der Waals surface area contributed by atoms with Gasteiger partial charge in [-0.25, -0.2) is 9.78 Å². The van der Waals surface area contributed by atoms with Crippen LogP contribution in [0.4, 0.5) is 5.69 Å². The van der Waals surface area contributed by atoms with Gasteiger partial charge in [-0.1, -0.05) is 30.3 Å². The van der Waals surface area contributed by atoms with E-state index in [2.05, 4.69) is 10.2 Å². The van der Waals surface area contributed by atoms with Crippen molar-refractivity contribution in [2.75, 3.05) is 38.6 Å². The Morgan fingerprint density at radius 1 is 1.12 bits per heavy atom. The molecule has 1 aliphatic rings. The number of rotatable bonds is 7. The number of fused-ring (bicyclic) bond motifs is 1. The number of methoxy groups -OCH3 is 1. The number of pyridine rings is 1. The molecule has 1 aliphatic heterocycles. The molecule has 1 aromatic carbocycles. The van der Waals surface area contributed by atoms with Gasteiger partial charge in [0, 0.05) is 44.2 Å². The molecule has 4 rings (SSSR count). The van der Waals surface area contributed by atoms with Gasteiger partial charge >= 0.3 is 5.97 Å². The second-order valence-corrected chi connectivity index (χ2v) is 8.96. The van der Waals surface area contributed by atoms with Gasteiger partial charge in [-0.15, -0.1) is 11.3 Å². The first-order valence-corrected chi connectivity index (χ1v) is 11.9. The Balaban J connectivity index is 1.55. The number of thiophene rings is 1. The topological polar surface area (TPSA) is 91.8 Å². The number of nitrogens with one attached hydrogen (secondary N) is 1. The fourth-order valence-corrected chi connectivity index (χ4v) is 4.92. The van der Waals surface area contributed by atoms with Gasteiger partial charge < -0.3 is 15.0 Å². The van der Waals surface area contributed by atoms with E-state index < -0.39 is 5.97 Å². The van der Waals surface area contributed by atoms with E-state index in [1.807, 2.05) is 42.5 Å². The Morgan fingerprint density at radius 2 is 1.94 bits per heavy atom. The molecule has 3 aromatic rings. The first-order valence-electron chi connectivity index (χ1n) is 11.0. The second kappa shape index (κ2) is 11.0. The number of carbonyl (C=O) groups is 3. The fourth-order valence-electron chi connectivity index (χ4n) is 3.85. The molecule has 9 heteroatoms. The van der Waals surface area contributed by atoms with E-state index in [4.69, 9.17) is 9.72 Å². The molecule has 3 heterocycles. The van der Waals surface area contributed by atoms with E-state index in [1.54, 1.807) is 11.0 Å². The lowest BCUT2D eigenvalue weighted by Gasteiger charge is -2.19. The average molecular weight is 479 g/mol. The summed E-state index contributed by atoms with van der Waals surface area (Å²) in [6.45, 7) is 3.78. The number of anilines is 1. The molecule has 0 spiro atoms. The highest BCUT2D eigenvalue weighted by Gasteiger charge is 2.22. The maximum absolute atomic E-state index is 12.6. The van der Waals surface area contributed by atoms with Crippen molar-refractivity contribution in [1.29, 1.82) is 0 Å². The number of hydrogen-bond acceptors (Lipinski definition) is 7. The van der Waals surface area contributed by atoms with E-state index >= 15 is 0 Å². The van der Waals surface area contributed by atoms with Crippen molar-refractivity contribution in [3.8, 4) is 0 Å². The molecule has 1 saturated heterocycles. The Labute approximate surface area is 201 Å². The van der Waals surface area contributed by atoms with Crippen LogP contribution in [0.25, 0.3) is 16.3 Å². The molecule has 34 heavy (non-hydrogen) atoms. The zero-order valence-electron chi connectivity index (χ0n) is 18.9. The highest BCUT2D eigenvalue weighted by atomic mass is 32.1. The summed E-state index contributed by atoms with van der Waals surface area (Å²) in [6, 6.07) is 13.3. The molecule has 0 radical (unpaired) electrons. The van der Waals surface area contributed by atoms with E-state index in [1.165, 1.54) is 24.5 Å². The molecule has 0 saturated carbocycles. The number of hydrogen-bond donors (Lipinski definition) is 1. The maximum Gasteiger partial charge on any atom is 0.350 e. The summed E-state index contributed by atoms with van der Waals surface area (Å²) < 4.78 is 4.94. The van der Waals surface area contributed by atoms with Crippen LogP contribution in [0.15, 0.2) is 48.5 Å². The molecule has 0 bridgehead atoms. The number of benzene rings is 1. The molecule has 0 unspecified atom stereocenters. The van der Waals surface area contributed by atoms with Crippen molar-refractivity contribution in [2.24, 2.45) is 0 Å². The minimum atomic E-state index is -0.520. The normalized spacial score (nSPS) is 14.8. The SMILES string of the molecule is COC(=O)c1sc2nc(CN3CCCN(C=O)CC3)ccc2c1NC(=O)C=Cc1ccccc1. The van der Waals surface area contributed by atoms with Gasteiger partial charge in [-0.2, -0.15) is 0 Å². The maximum atomic E-state index is 12.6. The number of amides is 2. The Kier molecular flexibility index (Phi) is 7.66. The first-order chi connectivity index (χ1) is 16.6. The van der Waals surface area contributed by atoms with Crippen LogP contribution in [0, 0.1) is 0 Å². The third kappa shape index (κ3) is 5.67. The first kappa shape index (κ1) is 23.6. The molecule has 1 fully saturated rings. The van der Waals surface area contributed by atoms with Crippen LogP contribution in [-0.2, 0) is 20.9 Å². The molecule has 176 valence electrons. The Morgan fingerprint density at radius 3 is 2.71 bits per heavy atom. The number of ether oxygens (including phenoxy) is 1. The van der Waals surface area contributed by atoms with E-state index in [0.29, 0.717) is 33.9 Å². The minimum Gasteiger partial charge on any atom is -0.465 e. The lowest BCUT2D eigenvalue weighted by molar-refractivity contribution is -0.118. The van der Waals surface area contributed by atoms with Crippen LogP contribution in [-0.4, -0.2) is 66.4 Å². The third-order valence-corrected chi connectivity index (χ3v) is 6.70. The Hall–Kier alpha value is -3.56. The molecule has 2 aromatic heterocycles. The highest BCUT2D eigenvalue weighted by Crippen LogP contribution is 2.35. The summed E-state index contributed by atoms with van der Waals surface area (Å²) in [5.41, 5.74) is 2.17. The summed E-state index contributed by atoms with van der Waals surface area (Å²) in [7, 11) is 1.31. The monoisotopic (exact) mass is 478 g/mol. The molecule has 2 amide bonds. The van der Waals surface area contributed by atoms with Gasteiger partial charge in [0.15, 0.2) is 0 Å². The molecule has 1 N–H and O–H groups in total. The van der Waals surface area contributed by atoms with Gasteiger partial charge in [-0.05, 0) is 30.2 Å². The Bertz CT molecular complexity index is 1210. The number of esters is 1. The van der Waals surface area contributed by atoms with Gasteiger partial charge in [0.1, 0.15) is 9.71 Å². The molecule has 8 nitrogen and oxygen atoms in total.